The molecule has 0 spiro atoms. The maximum absolute atomic E-state index is 13.2. The maximum atomic E-state index is 13.2. The van der Waals surface area contributed by atoms with E-state index in [1.807, 2.05) is 51.1 Å². The number of carbonyl (C=O) groups excluding carboxylic acids is 3. The maximum Gasteiger partial charge on any atom is 0.325 e. The van der Waals surface area contributed by atoms with Crippen LogP contribution in [0.15, 0.2) is 54.6 Å². The van der Waals surface area contributed by atoms with E-state index >= 15 is 0 Å². The first-order valence-electron chi connectivity index (χ1n) is 9.77. The summed E-state index contributed by atoms with van der Waals surface area (Å²) in [5.74, 6) is -0.805. The summed E-state index contributed by atoms with van der Waals surface area (Å²) in [6, 6.07) is 15.9. The third-order valence-electron chi connectivity index (χ3n) is 5.28. The second kappa shape index (κ2) is 8.11. The Hall–Kier alpha value is -2.86. The zero-order chi connectivity index (χ0) is 22.1. The molecule has 0 aromatic heterocycles. The fourth-order valence-corrected chi connectivity index (χ4v) is 3.90. The van der Waals surface area contributed by atoms with E-state index < -0.39 is 23.0 Å². The minimum Gasteiger partial charge on any atom is -0.332 e. The van der Waals surface area contributed by atoms with Gasteiger partial charge in [-0.3, -0.25) is 14.5 Å². The minimum absolute atomic E-state index is 0.307. The highest BCUT2D eigenvalue weighted by Gasteiger charge is 2.50. The van der Waals surface area contributed by atoms with E-state index in [0.29, 0.717) is 17.1 Å². The van der Waals surface area contributed by atoms with Gasteiger partial charge in [-0.1, -0.05) is 60.1 Å². The first kappa shape index (κ1) is 21.8. The molecule has 0 saturated carbocycles. The number of nitrogens with zero attached hydrogens (tertiary/aromatic N) is 2. The molecule has 3 rings (SSSR count). The van der Waals surface area contributed by atoms with Crippen molar-refractivity contribution < 1.29 is 14.4 Å². The van der Waals surface area contributed by atoms with Gasteiger partial charge in [0.15, 0.2) is 0 Å². The Kier molecular flexibility index (Phi) is 5.90. The van der Waals surface area contributed by atoms with Gasteiger partial charge in [0.25, 0.3) is 5.91 Å². The van der Waals surface area contributed by atoms with Gasteiger partial charge >= 0.3 is 6.03 Å². The van der Waals surface area contributed by atoms with Crippen LogP contribution in [0.4, 0.5) is 4.79 Å². The van der Waals surface area contributed by atoms with Crippen LogP contribution in [-0.2, 0) is 21.7 Å². The number of imide groups is 1. The van der Waals surface area contributed by atoms with Crippen molar-refractivity contribution in [1.29, 1.82) is 0 Å². The van der Waals surface area contributed by atoms with Crippen molar-refractivity contribution in [2.75, 3.05) is 6.54 Å². The van der Waals surface area contributed by atoms with E-state index in [4.69, 9.17) is 11.6 Å². The van der Waals surface area contributed by atoms with E-state index in [0.717, 1.165) is 10.5 Å². The van der Waals surface area contributed by atoms with Crippen molar-refractivity contribution in [2.24, 2.45) is 0 Å². The Balaban J connectivity index is 1.83. The Labute approximate surface area is 181 Å². The van der Waals surface area contributed by atoms with Crippen LogP contribution in [0.5, 0.6) is 0 Å². The molecule has 0 aliphatic carbocycles. The molecule has 2 aromatic carbocycles. The number of amides is 4. The molecule has 30 heavy (non-hydrogen) atoms. The van der Waals surface area contributed by atoms with E-state index in [1.54, 1.807) is 36.1 Å². The first-order valence-corrected chi connectivity index (χ1v) is 10.2. The number of urea groups is 1. The highest BCUT2D eigenvalue weighted by molar-refractivity contribution is 6.32. The first-order chi connectivity index (χ1) is 14.0. The number of nitrogens with one attached hydrogen (secondary N) is 1. The smallest absolute Gasteiger partial charge is 0.325 e. The van der Waals surface area contributed by atoms with Crippen molar-refractivity contribution in [3.8, 4) is 0 Å². The fourth-order valence-electron chi connectivity index (χ4n) is 3.58. The van der Waals surface area contributed by atoms with Gasteiger partial charge in [-0.15, -0.1) is 0 Å². The lowest BCUT2D eigenvalue weighted by Gasteiger charge is -2.36. The largest absolute Gasteiger partial charge is 0.332 e. The van der Waals surface area contributed by atoms with E-state index in [2.05, 4.69) is 5.32 Å². The van der Waals surface area contributed by atoms with E-state index in [9.17, 15) is 14.4 Å². The van der Waals surface area contributed by atoms with Crippen LogP contribution < -0.4 is 5.32 Å². The van der Waals surface area contributed by atoms with E-state index in [-0.39, 0.29) is 12.5 Å². The molecule has 1 aliphatic rings. The predicted octanol–water partition coefficient (Wildman–Crippen LogP) is 3.93. The lowest BCUT2D eigenvalue weighted by molar-refractivity contribution is -0.142. The standard InChI is InChI=1S/C23H26ClN3O3/c1-22(2,3)27(14-16-10-6-5-7-11-16)19(28)15-26-20(29)23(4,25-21(26)30)17-12-8-9-13-18(17)24/h5-13H,14-15H2,1-4H3,(H,25,30). The monoisotopic (exact) mass is 427 g/mol. The quantitative estimate of drug-likeness (QED) is 0.735. The van der Waals surface area contributed by atoms with Crippen molar-refractivity contribution >= 4 is 29.4 Å². The molecule has 2 aromatic rings. The van der Waals surface area contributed by atoms with Gasteiger partial charge in [0.05, 0.1) is 0 Å². The minimum atomic E-state index is -1.32. The number of halogens is 1. The van der Waals surface area contributed by atoms with Crippen molar-refractivity contribution in [2.45, 2.75) is 45.3 Å². The van der Waals surface area contributed by atoms with E-state index in [1.165, 1.54) is 0 Å². The van der Waals surface area contributed by atoms with Gasteiger partial charge in [-0.25, -0.2) is 4.79 Å². The zero-order valence-corrected chi connectivity index (χ0v) is 18.4. The highest BCUT2D eigenvalue weighted by Crippen LogP contribution is 2.33. The summed E-state index contributed by atoms with van der Waals surface area (Å²) in [5, 5.41) is 3.08. The van der Waals surface area contributed by atoms with Gasteiger partial charge in [0, 0.05) is 22.7 Å². The van der Waals surface area contributed by atoms with Gasteiger partial charge < -0.3 is 10.2 Å². The molecule has 1 unspecified atom stereocenters. The van der Waals surface area contributed by atoms with Gasteiger partial charge in [0.1, 0.15) is 12.1 Å². The SMILES string of the molecule is CC1(c2ccccc2Cl)NC(=O)N(CC(=O)N(Cc2ccccc2)C(C)(C)C)C1=O. The Morgan fingerprint density at radius 2 is 1.67 bits per heavy atom. The summed E-state index contributed by atoms with van der Waals surface area (Å²) in [6.07, 6.45) is 0. The van der Waals surface area contributed by atoms with Gasteiger partial charge in [-0.2, -0.15) is 0 Å². The molecule has 1 heterocycles. The lowest BCUT2D eigenvalue weighted by Crippen LogP contribution is -2.50. The van der Waals surface area contributed by atoms with Gasteiger partial charge in [0.2, 0.25) is 5.91 Å². The molecule has 7 heteroatoms. The predicted molar refractivity (Wildman–Crippen MR) is 116 cm³/mol. The number of hydrogen-bond donors (Lipinski definition) is 1. The zero-order valence-electron chi connectivity index (χ0n) is 17.6. The van der Waals surface area contributed by atoms with Crippen LogP contribution in [0.25, 0.3) is 0 Å². The molecule has 1 saturated heterocycles. The molecule has 1 N–H and O–H groups in total. The number of carbonyl (C=O) groups is 3. The van der Waals surface area contributed by atoms with Crippen LogP contribution in [0.2, 0.25) is 5.02 Å². The van der Waals surface area contributed by atoms with Crippen LogP contribution in [0.1, 0.15) is 38.8 Å². The van der Waals surface area contributed by atoms with Crippen molar-refractivity contribution in [1.82, 2.24) is 15.1 Å². The summed E-state index contributed by atoms with van der Waals surface area (Å²) in [7, 11) is 0. The Morgan fingerprint density at radius 1 is 1.07 bits per heavy atom. The lowest BCUT2D eigenvalue weighted by atomic mass is 9.92. The molecule has 0 radical (unpaired) electrons. The summed E-state index contributed by atoms with van der Waals surface area (Å²) in [6.45, 7) is 7.42. The van der Waals surface area contributed by atoms with Crippen LogP contribution in [0, 0.1) is 0 Å². The summed E-state index contributed by atoms with van der Waals surface area (Å²) < 4.78 is 0. The second-order valence-electron chi connectivity index (χ2n) is 8.56. The van der Waals surface area contributed by atoms with Crippen LogP contribution in [-0.4, -0.2) is 39.7 Å². The molecule has 1 fully saturated rings. The molecule has 4 amide bonds. The Morgan fingerprint density at radius 3 is 2.27 bits per heavy atom. The van der Waals surface area contributed by atoms with Crippen molar-refractivity contribution in [3.63, 3.8) is 0 Å². The van der Waals surface area contributed by atoms with Crippen LogP contribution in [0.3, 0.4) is 0 Å². The molecule has 1 atom stereocenters. The molecule has 0 bridgehead atoms. The van der Waals surface area contributed by atoms with Crippen molar-refractivity contribution in [3.05, 3.63) is 70.7 Å². The third-order valence-corrected chi connectivity index (χ3v) is 5.60. The van der Waals surface area contributed by atoms with Crippen LogP contribution >= 0.6 is 11.6 Å². The molecule has 6 nitrogen and oxygen atoms in total. The topological polar surface area (TPSA) is 69.7 Å². The Bertz CT molecular complexity index is 971. The van der Waals surface area contributed by atoms with Gasteiger partial charge in [-0.05, 0) is 39.3 Å². The molecular formula is C23H26ClN3O3. The third kappa shape index (κ3) is 4.19. The summed E-state index contributed by atoms with van der Waals surface area (Å²) in [4.78, 5) is 41.6. The average molecular weight is 428 g/mol. The molecular weight excluding hydrogens is 402 g/mol. The number of rotatable bonds is 5. The number of hydrogen-bond acceptors (Lipinski definition) is 3. The fraction of sp³-hybridized carbons (Fsp3) is 0.348. The average Bonchev–Trinajstić information content (AvgIpc) is 2.90. The summed E-state index contributed by atoms with van der Waals surface area (Å²) in [5.41, 5.74) is -0.337. The normalized spacial score (nSPS) is 19.0. The second-order valence-corrected chi connectivity index (χ2v) is 8.97. The summed E-state index contributed by atoms with van der Waals surface area (Å²) >= 11 is 6.26. The molecule has 158 valence electrons. The highest BCUT2D eigenvalue weighted by atomic mass is 35.5. The molecule has 1 aliphatic heterocycles. The number of benzene rings is 2.